The third kappa shape index (κ3) is 3.21. The number of hydrogen-bond donors (Lipinski definition) is 1. The van der Waals surface area contributed by atoms with Gasteiger partial charge in [0.05, 0.1) is 12.0 Å². The number of hydrogen-bond acceptors (Lipinski definition) is 7. The fourth-order valence-corrected chi connectivity index (χ4v) is 3.46. The molecule has 0 atom stereocenters. The molecule has 0 aliphatic rings. The van der Waals surface area contributed by atoms with E-state index in [1.807, 2.05) is 42.5 Å². The molecule has 6 nitrogen and oxygen atoms in total. The van der Waals surface area contributed by atoms with Crippen LogP contribution in [0.4, 0.5) is 10.8 Å². The van der Waals surface area contributed by atoms with Crippen LogP contribution < -0.4 is 10.1 Å². The molecule has 1 N–H and O–H groups in total. The third-order valence-electron chi connectivity index (χ3n) is 3.70. The SMILES string of the molecule is CCOC(=O)COc1cccc2c1oc1sc(Nc3ccccc3)nc12. The highest BCUT2D eigenvalue weighted by Gasteiger charge is 2.17. The summed E-state index contributed by atoms with van der Waals surface area (Å²) >= 11 is 1.42. The summed E-state index contributed by atoms with van der Waals surface area (Å²) in [5.41, 5.74) is 2.31. The first-order valence-electron chi connectivity index (χ1n) is 8.17. The highest BCUT2D eigenvalue weighted by molar-refractivity contribution is 7.21. The number of benzene rings is 2. The number of carbonyl (C=O) groups is 1. The number of thiazole rings is 1. The van der Waals surface area contributed by atoms with Crippen molar-refractivity contribution in [3.63, 3.8) is 0 Å². The van der Waals surface area contributed by atoms with E-state index < -0.39 is 5.97 Å². The minimum Gasteiger partial charge on any atom is -0.478 e. The largest absolute Gasteiger partial charge is 0.478 e. The van der Waals surface area contributed by atoms with Crippen molar-refractivity contribution in [3.05, 3.63) is 48.5 Å². The molecule has 4 aromatic rings. The molecule has 0 saturated carbocycles. The molecule has 2 aromatic carbocycles. The Kier molecular flexibility index (Phi) is 4.45. The quantitative estimate of drug-likeness (QED) is 0.496. The highest BCUT2D eigenvalue weighted by atomic mass is 32.1. The van der Waals surface area contributed by atoms with Crippen molar-refractivity contribution in [1.29, 1.82) is 0 Å². The van der Waals surface area contributed by atoms with Crippen molar-refractivity contribution < 1.29 is 18.7 Å². The van der Waals surface area contributed by atoms with E-state index in [-0.39, 0.29) is 6.61 Å². The summed E-state index contributed by atoms with van der Waals surface area (Å²) in [7, 11) is 0. The van der Waals surface area contributed by atoms with Gasteiger partial charge < -0.3 is 19.2 Å². The molecule has 2 heterocycles. The fraction of sp³-hybridized carbons (Fsp3) is 0.158. The van der Waals surface area contributed by atoms with Crippen LogP contribution >= 0.6 is 11.3 Å². The average Bonchev–Trinajstić information content (AvgIpc) is 3.19. The van der Waals surface area contributed by atoms with Crippen LogP contribution in [0.3, 0.4) is 0 Å². The number of nitrogens with one attached hydrogen (secondary N) is 1. The van der Waals surface area contributed by atoms with Gasteiger partial charge in [-0.15, -0.1) is 0 Å². The van der Waals surface area contributed by atoms with Crippen LogP contribution in [0.5, 0.6) is 5.75 Å². The number of ether oxygens (including phenoxy) is 2. The molecule has 132 valence electrons. The van der Waals surface area contributed by atoms with Gasteiger partial charge in [0.25, 0.3) is 0 Å². The summed E-state index contributed by atoms with van der Waals surface area (Å²) in [5.74, 6) is 0.0867. The topological polar surface area (TPSA) is 73.6 Å². The zero-order valence-electron chi connectivity index (χ0n) is 14.0. The van der Waals surface area contributed by atoms with Crippen molar-refractivity contribution in [3.8, 4) is 5.75 Å². The Balaban J connectivity index is 1.62. The second-order valence-corrected chi connectivity index (χ2v) is 6.44. The molecule has 0 radical (unpaired) electrons. The lowest BCUT2D eigenvalue weighted by Crippen LogP contribution is -2.14. The molecule has 26 heavy (non-hydrogen) atoms. The zero-order valence-corrected chi connectivity index (χ0v) is 14.8. The molecule has 2 aromatic heterocycles. The Morgan fingerprint density at radius 1 is 1.19 bits per heavy atom. The van der Waals surface area contributed by atoms with E-state index >= 15 is 0 Å². The summed E-state index contributed by atoms with van der Waals surface area (Å²) in [4.78, 5) is 16.8. The summed E-state index contributed by atoms with van der Waals surface area (Å²) in [6.07, 6.45) is 0. The summed E-state index contributed by atoms with van der Waals surface area (Å²) in [6.45, 7) is 1.92. The monoisotopic (exact) mass is 368 g/mol. The van der Waals surface area contributed by atoms with Crippen LogP contribution in [-0.4, -0.2) is 24.2 Å². The molecule has 0 amide bonds. The van der Waals surface area contributed by atoms with Crippen LogP contribution in [-0.2, 0) is 9.53 Å². The van der Waals surface area contributed by atoms with Gasteiger partial charge in [-0.1, -0.05) is 35.6 Å². The number of nitrogens with zero attached hydrogens (tertiary/aromatic N) is 1. The van der Waals surface area contributed by atoms with E-state index in [0.29, 0.717) is 22.8 Å². The lowest BCUT2D eigenvalue weighted by molar-refractivity contribution is -0.145. The molecule has 0 aliphatic heterocycles. The van der Waals surface area contributed by atoms with Gasteiger partial charge in [-0.05, 0) is 31.2 Å². The minimum absolute atomic E-state index is 0.157. The maximum Gasteiger partial charge on any atom is 0.344 e. The van der Waals surface area contributed by atoms with Gasteiger partial charge in [0.2, 0.25) is 4.90 Å². The Labute approximate surface area is 153 Å². The molecule has 0 aliphatic carbocycles. The second kappa shape index (κ2) is 7.05. The van der Waals surface area contributed by atoms with Gasteiger partial charge >= 0.3 is 5.97 Å². The number of aromatic nitrogens is 1. The van der Waals surface area contributed by atoms with E-state index in [9.17, 15) is 4.79 Å². The normalized spacial score (nSPS) is 11.0. The first-order valence-corrected chi connectivity index (χ1v) is 8.99. The van der Waals surface area contributed by atoms with Gasteiger partial charge in [0, 0.05) is 5.69 Å². The molecule has 0 saturated heterocycles. The highest BCUT2D eigenvalue weighted by Crippen LogP contribution is 2.39. The predicted molar refractivity (Wildman–Crippen MR) is 101 cm³/mol. The molecular formula is C19H16N2O4S. The van der Waals surface area contributed by atoms with Crippen molar-refractivity contribution >= 4 is 49.5 Å². The number of para-hydroxylation sites is 2. The van der Waals surface area contributed by atoms with E-state index in [1.54, 1.807) is 13.0 Å². The molecule has 7 heteroatoms. The number of furan rings is 1. The Bertz CT molecular complexity index is 1060. The second-order valence-electron chi connectivity index (χ2n) is 5.47. The maximum atomic E-state index is 11.5. The Hall–Kier alpha value is -3.06. The van der Waals surface area contributed by atoms with Gasteiger partial charge in [-0.2, -0.15) is 0 Å². The molecular weight excluding hydrogens is 352 g/mol. The number of anilines is 2. The molecule has 4 rings (SSSR count). The summed E-state index contributed by atoms with van der Waals surface area (Å²) in [5, 5.41) is 4.87. The van der Waals surface area contributed by atoms with Crippen LogP contribution in [0.1, 0.15) is 6.92 Å². The summed E-state index contributed by atoms with van der Waals surface area (Å²) in [6, 6.07) is 15.4. The standard InChI is InChI=1S/C19H16N2O4S/c1-2-23-15(22)11-24-14-10-6-9-13-16-18(25-17(13)14)26-19(21-16)20-12-7-4-3-5-8-12/h3-10H,2,11H2,1H3,(H,20,21). The first kappa shape index (κ1) is 16.4. The molecule has 0 bridgehead atoms. The first-order chi connectivity index (χ1) is 12.7. The number of rotatable bonds is 6. The smallest absolute Gasteiger partial charge is 0.344 e. The van der Waals surface area contributed by atoms with Crippen molar-refractivity contribution in [2.45, 2.75) is 6.92 Å². The molecule has 0 fully saturated rings. The molecule has 0 unspecified atom stereocenters. The van der Waals surface area contributed by atoms with Gasteiger partial charge in [-0.3, -0.25) is 0 Å². The van der Waals surface area contributed by atoms with E-state index in [2.05, 4.69) is 10.3 Å². The van der Waals surface area contributed by atoms with Crippen molar-refractivity contribution in [2.24, 2.45) is 0 Å². The Morgan fingerprint density at radius 3 is 2.85 bits per heavy atom. The van der Waals surface area contributed by atoms with Crippen LogP contribution in [0.2, 0.25) is 0 Å². The van der Waals surface area contributed by atoms with E-state index in [4.69, 9.17) is 13.9 Å². The average molecular weight is 368 g/mol. The third-order valence-corrected chi connectivity index (χ3v) is 4.55. The summed E-state index contributed by atoms with van der Waals surface area (Å²) < 4.78 is 16.4. The van der Waals surface area contributed by atoms with Gasteiger partial charge in [-0.25, -0.2) is 9.78 Å². The van der Waals surface area contributed by atoms with Crippen LogP contribution in [0.15, 0.2) is 52.9 Å². The lowest BCUT2D eigenvalue weighted by atomic mass is 10.2. The van der Waals surface area contributed by atoms with Crippen molar-refractivity contribution in [1.82, 2.24) is 4.98 Å². The minimum atomic E-state index is -0.412. The van der Waals surface area contributed by atoms with Gasteiger partial charge in [0.15, 0.2) is 23.1 Å². The lowest BCUT2D eigenvalue weighted by Gasteiger charge is -2.05. The van der Waals surface area contributed by atoms with E-state index in [1.165, 1.54) is 11.3 Å². The van der Waals surface area contributed by atoms with Crippen LogP contribution in [0, 0.1) is 0 Å². The number of esters is 1. The zero-order chi connectivity index (χ0) is 17.9. The molecule has 0 spiro atoms. The number of carbonyl (C=O) groups excluding carboxylic acids is 1. The maximum absolute atomic E-state index is 11.5. The Morgan fingerprint density at radius 2 is 2.04 bits per heavy atom. The predicted octanol–water partition coefficient (Wildman–Crippen LogP) is 4.73. The van der Waals surface area contributed by atoms with Gasteiger partial charge in [0.1, 0.15) is 5.52 Å². The number of fused-ring (bicyclic) bond motifs is 3. The van der Waals surface area contributed by atoms with E-state index in [0.717, 1.165) is 21.7 Å². The fourth-order valence-electron chi connectivity index (χ4n) is 2.60. The van der Waals surface area contributed by atoms with Crippen LogP contribution in [0.25, 0.3) is 21.4 Å². The van der Waals surface area contributed by atoms with Crippen molar-refractivity contribution in [2.75, 3.05) is 18.5 Å².